The Hall–Kier alpha value is -2.94. The molecule has 2 amide bonds. The lowest BCUT2D eigenvalue weighted by molar-refractivity contribution is -0.121. The molecule has 0 unspecified atom stereocenters. The van der Waals surface area contributed by atoms with E-state index in [1.165, 1.54) is 0 Å². The van der Waals surface area contributed by atoms with Gasteiger partial charge in [-0.2, -0.15) is 0 Å². The van der Waals surface area contributed by atoms with Gasteiger partial charge < -0.3 is 15.6 Å². The molecule has 2 aromatic heterocycles. The SMILES string of the molecule is Cc1cc(NC(=O)CCC(=O)Nc2ccc3[nH]c(=O)[nH]c3n2)ccc1Br. The van der Waals surface area contributed by atoms with Gasteiger partial charge in [0.1, 0.15) is 5.82 Å². The van der Waals surface area contributed by atoms with Crippen LogP contribution in [0.15, 0.2) is 39.6 Å². The van der Waals surface area contributed by atoms with Gasteiger partial charge in [0.15, 0.2) is 5.65 Å². The first-order chi connectivity index (χ1) is 12.4. The van der Waals surface area contributed by atoms with Crippen LogP contribution in [-0.4, -0.2) is 26.8 Å². The molecule has 0 saturated heterocycles. The Morgan fingerprint density at radius 2 is 1.81 bits per heavy atom. The average Bonchev–Trinajstić information content (AvgIpc) is 2.96. The van der Waals surface area contributed by atoms with Crippen molar-refractivity contribution in [2.24, 2.45) is 0 Å². The monoisotopic (exact) mass is 417 g/mol. The van der Waals surface area contributed by atoms with Gasteiger partial charge in [0.2, 0.25) is 11.8 Å². The highest BCUT2D eigenvalue weighted by Gasteiger charge is 2.10. The van der Waals surface area contributed by atoms with Crippen LogP contribution in [0.5, 0.6) is 0 Å². The number of imidazole rings is 1. The van der Waals surface area contributed by atoms with Crippen LogP contribution in [0.1, 0.15) is 18.4 Å². The number of anilines is 2. The molecule has 0 aliphatic carbocycles. The molecule has 4 N–H and O–H groups in total. The number of aromatic amines is 2. The van der Waals surface area contributed by atoms with Gasteiger partial charge >= 0.3 is 5.69 Å². The summed E-state index contributed by atoms with van der Waals surface area (Å²) >= 11 is 3.40. The summed E-state index contributed by atoms with van der Waals surface area (Å²) in [6.45, 7) is 1.93. The Labute approximate surface area is 156 Å². The van der Waals surface area contributed by atoms with Crippen molar-refractivity contribution >= 4 is 50.4 Å². The fraction of sp³-hybridized carbons (Fsp3) is 0.176. The molecule has 0 bridgehead atoms. The first kappa shape index (κ1) is 17.9. The van der Waals surface area contributed by atoms with Gasteiger partial charge in [-0.15, -0.1) is 0 Å². The molecule has 3 rings (SSSR count). The number of hydrogen-bond donors (Lipinski definition) is 4. The number of hydrogen-bond acceptors (Lipinski definition) is 4. The highest BCUT2D eigenvalue weighted by molar-refractivity contribution is 9.10. The van der Waals surface area contributed by atoms with Gasteiger partial charge in [-0.25, -0.2) is 9.78 Å². The van der Waals surface area contributed by atoms with Gasteiger partial charge in [0.05, 0.1) is 5.52 Å². The number of amides is 2. The molecular weight excluding hydrogens is 402 g/mol. The van der Waals surface area contributed by atoms with Crippen LogP contribution in [0.2, 0.25) is 0 Å². The fourth-order valence-electron chi connectivity index (χ4n) is 2.36. The Kier molecular flexibility index (Phi) is 5.17. The zero-order chi connectivity index (χ0) is 18.7. The van der Waals surface area contributed by atoms with Crippen LogP contribution < -0.4 is 16.3 Å². The highest BCUT2D eigenvalue weighted by atomic mass is 79.9. The van der Waals surface area contributed by atoms with Crippen LogP contribution in [0.4, 0.5) is 11.5 Å². The van der Waals surface area contributed by atoms with Crippen molar-refractivity contribution in [1.29, 1.82) is 0 Å². The van der Waals surface area contributed by atoms with Gasteiger partial charge in [-0.3, -0.25) is 14.6 Å². The third-order valence-corrected chi connectivity index (χ3v) is 4.55. The third kappa shape index (κ3) is 4.37. The van der Waals surface area contributed by atoms with Crippen molar-refractivity contribution in [1.82, 2.24) is 15.0 Å². The maximum absolute atomic E-state index is 12.0. The fourth-order valence-corrected chi connectivity index (χ4v) is 2.61. The quantitative estimate of drug-likeness (QED) is 0.509. The van der Waals surface area contributed by atoms with E-state index in [9.17, 15) is 14.4 Å². The predicted octanol–water partition coefficient (Wildman–Crippen LogP) is 2.68. The largest absolute Gasteiger partial charge is 0.326 e. The lowest BCUT2D eigenvalue weighted by Crippen LogP contribution is -2.17. The number of carbonyl (C=O) groups excluding carboxylic acids is 2. The normalized spacial score (nSPS) is 10.7. The summed E-state index contributed by atoms with van der Waals surface area (Å²) in [7, 11) is 0. The molecule has 8 nitrogen and oxygen atoms in total. The maximum Gasteiger partial charge on any atom is 0.325 e. The van der Waals surface area contributed by atoms with E-state index in [-0.39, 0.29) is 30.3 Å². The smallest absolute Gasteiger partial charge is 0.325 e. The minimum absolute atomic E-state index is 0.0186. The average molecular weight is 418 g/mol. The summed E-state index contributed by atoms with van der Waals surface area (Å²) in [4.78, 5) is 44.4. The van der Waals surface area contributed by atoms with Crippen molar-refractivity contribution in [3.63, 3.8) is 0 Å². The molecule has 2 heterocycles. The molecule has 0 aliphatic rings. The molecule has 26 heavy (non-hydrogen) atoms. The van der Waals surface area contributed by atoms with E-state index in [2.05, 4.69) is 41.5 Å². The highest BCUT2D eigenvalue weighted by Crippen LogP contribution is 2.20. The van der Waals surface area contributed by atoms with Gasteiger partial charge in [-0.05, 0) is 42.8 Å². The number of carbonyl (C=O) groups is 2. The molecule has 0 fully saturated rings. The lowest BCUT2D eigenvalue weighted by Gasteiger charge is -2.07. The molecule has 0 aliphatic heterocycles. The molecular formula is C17H16BrN5O3. The Balaban J connectivity index is 1.53. The molecule has 9 heteroatoms. The zero-order valence-corrected chi connectivity index (χ0v) is 15.4. The number of aryl methyl sites for hydroxylation is 1. The van der Waals surface area contributed by atoms with Gasteiger partial charge in [-0.1, -0.05) is 15.9 Å². The molecule has 0 radical (unpaired) electrons. The van der Waals surface area contributed by atoms with Crippen LogP contribution in [0.3, 0.4) is 0 Å². The number of halogens is 1. The van der Waals surface area contributed by atoms with E-state index in [1.807, 2.05) is 19.1 Å². The summed E-state index contributed by atoms with van der Waals surface area (Å²) in [6.07, 6.45) is 0.0644. The number of aromatic nitrogens is 3. The van der Waals surface area contributed by atoms with E-state index in [1.54, 1.807) is 18.2 Å². The second-order valence-electron chi connectivity index (χ2n) is 5.73. The van der Waals surface area contributed by atoms with Crippen molar-refractivity contribution in [2.75, 3.05) is 10.6 Å². The maximum atomic E-state index is 12.0. The van der Waals surface area contributed by atoms with Crippen LogP contribution in [0.25, 0.3) is 11.2 Å². The topological polar surface area (TPSA) is 120 Å². The van der Waals surface area contributed by atoms with Crippen LogP contribution >= 0.6 is 15.9 Å². The number of rotatable bonds is 5. The van der Waals surface area contributed by atoms with E-state index in [0.717, 1.165) is 10.0 Å². The van der Waals surface area contributed by atoms with Gasteiger partial charge in [0, 0.05) is 23.0 Å². The van der Waals surface area contributed by atoms with Crippen LogP contribution in [-0.2, 0) is 9.59 Å². The second-order valence-corrected chi connectivity index (χ2v) is 6.59. The molecule has 1 aromatic carbocycles. The minimum Gasteiger partial charge on any atom is -0.326 e. The molecule has 0 spiro atoms. The van der Waals surface area contributed by atoms with Crippen molar-refractivity contribution in [3.8, 4) is 0 Å². The summed E-state index contributed by atoms with van der Waals surface area (Å²) in [5, 5.41) is 5.36. The number of nitrogens with zero attached hydrogens (tertiary/aromatic N) is 1. The van der Waals surface area contributed by atoms with Crippen molar-refractivity contribution < 1.29 is 9.59 Å². The van der Waals surface area contributed by atoms with E-state index in [0.29, 0.717) is 22.7 Å². The van der Waals surface area contributed by atoms with Crippen molar-refractivity contribution in [2.45, 2.75) is 19.8 Å². The summed E-state index contributed by atoms with van der Waals surface area (Å²) in [5.41, 5.74) is 2.23. The van der Waals surface area contributed by atoms with Gasteiger partial charge in [0.25, 0.3) is 0 Å². The summed E-state index contributed by atoms with van der Waals surface area (Å²) < 4.78 is 0.961. The van der Waals surface area contributed by atoms with Crippen molar-refractivity contribution in [3.05, 3.63) is 50.9 Å². The number of benzene rings is 1. The van der Waals surface area contributed by atoms with E-state index in [4.69, 9.17) is 0 Å². The summed E-state index contributed by atoms with van der Waals surface area (Å²) in [6, 6.07) is 8.70. The predicted molar refractivity (Wildman–Crippen MR) is 102 cm³/mol. The number of pyridine rings is 1. The second kappa shape index (κ2) is 7.52. The zero-order valence-electron chi connectivity index (χ0n) is 13.9. The Morgan fingerprint density at radius 3 is 2.54 bits per heavy atom. The Bertz CT molecular complexity index is 1040. The first-order valence-corrected chi connectivity index (χ1v) is 8.65. The number of H-pyrrole nitrogens is 2. The third-order valence-electron chi connectivity index (χ3n) is 3.66. The molecule has 134 valence electrons. The lowest BCUT2D eigenvalue weighted by atomic mass is 10.2. The van der Waals surface area contributed by atoms with E-state index >= 15 is 0 Å². The number of fused-ring (bicyclic) bond motifs is 1. The first-order valence-electron chi connectivity index (χ1n) is 7.85. The Morgan fingerprint density at radius 1 is 1.08 bits per heavy atom. The van der Waals surface area contributed by atoms with Crippen LogP contribution in [0, 0.1) is 6.92 Å². The van der Waals surface area contributed by atoms with E-state index < -0.39 is 0 Å². The standard InChI is InChI=1S/C17H16BrN5O3/c1-9-8-10(2-3-11(9)18)19-14(24)6-7-15(25)21-13-5-4-12-16(22-13)23-17(26)20-12/h2-5,8H,6-7H2,1H3,(H,19,24)(H3,20,21,22,23,25,26). The summed E-state index contributed by atoms with van der Waals surface area (Å²) in [5.74, 6) is -0.279. The minimum atomic E-state index is -0.365. The molecule has 0 atom stereocenters. The molecule has 3 aromatic rings. The molecule has 0 saturated carbocycles. The number of nitrogens with one attached hydrogen (secondary N) is 4.